The third-order valence-corrected chi connectivity index (χ3v) is 4.52. The molecular weight excluding hydrogens is 294 g/mol. The Morgan fingerprint density at radius 1 is 1.14 bits per heavy atom. The number of fused-ring (bicyclic) bond motifs is 1. The molecule has 114 valence electrons. The van der Waals surface area contributed by atoms with E-state index in [4.69, 9.17) is 0 Å². The van der Waals surface area contributed by atoms with Gasteiger partial charge in [-0.25, -0.2) is 9.97 Å². The average Bonchev–Trinajstić information content (AvgIpc) is 2.92. The highest BCUT2D eigenvalue weighted by Gasteiger charge is 2.12. The Kier molecular flexibility index (Phi) is 4.43. The summed E-state index contributed by atoms with van der Waals surface area (Å²) in [5.74, 6) is 0.297. The van der Waals surface area contributed by atoms with Gasteiger partial charge in [0.15, 0.2) is 5.16 Å². The van der Waals surface area contributed by atoms with E-state index in [2.05, 4.69) is 27.4 Å². The summed E-state index contributed by atoms with van der Waals surface area (Å²) in [4.78, 5) is 20.7. The number of carbonyl (C=O) groups excluding carboxylic acids is 1. The van der Waals surface area contributed by atoms with E-state index >= 15 is 0 Å². The largest absolute Gasteiger partial charge is 0.325 e. The number of hydrogen-bond donors (Lipinski definition) is 1. The topological polar surface area (TPSA) is 54.9 Å². The molecule has 22 heavy (non-hydrogen) atoms. The zero-order valence-corrected chi connectivity index (χ0v) is 13.7. The number of aromatic nitrogens is 2. The molecule has 0 spiro atoms. The van der Waals surface area contributed by atoms with Gasteiger partial charge in [0.2, 0.25) is 5.91 Å². The van der Waals surface area contributed by atoms with Crippen LogP contribution in [0, 0.1) is 13.8 Å². The Bertz CT molecular complexity index is 695. The zero-order valence-electron chi connectivity index (χ0n) is 12.8. The number of aryl methyl sites for hydroxylation is 4. The second kappa shape index (κ2) is 6.48. The van der Waals surface area contributed by atoms with Crippen molar-refractivity contribution in [2.45, 2.75) is 38.3 Å². The van der Waals surface area contributed by atoms with Gasteiger partial charge in [-0.15, -0.1) is 0 Å². The van der Waals surface area contributed by atoms with Crippen LogP contribution in [-0.4, -0.2) is 21.6 Å². The predicted octanol–water partition coefficient (Wildman–Crippen LogP) is 3.31. The molecule has 0 fully saturated rings. The van der Waals surface area contributed by atoms with Gasteiger partial charge in [-0.2, -0.15) is 0 Å². The van der Waals surface area contributed by atoms with Gasteiger partial charge in [0, 0.05) is 17.1 Å². The molecule has 0 unspecified atom stereocenters. The minimum absolute atomic E-state index is 0.0225. The van der Waals surface area contributed by atoms with Crippen LogP contribution >= 0.6 is 11.8 Å². The van der Waals surface area contributed by atoms with Gasteiger partial charge in [0.25, 0.3) is 0 Å². The number of rotatable bonds is 4. The summed E-state index contributed by atoms with van der Waals surface area (Å²) in [6, 6.07) is 8.13. The van der Waals surface area contributed by atoms with E-state index in [9.17, 15) is 4.79 Å². The van der Waals surface area contributed by atoms with Gasteiger partial charge >= 0.3 is 0 Å². The second-order valence-electron chi connectivity index (χ2n) is 5.61. The number of anilines is 1. The number of amides is 1. The highest BCUT2D eigenvalue weighted by molar-refractivity contribution is 7.99. The number of thioether (sulfide) groups is 1. The van der Waals surface area contributed by atoms with Crippen molar-refractivity contribution < 1.29 is 4.79 Å². The van der Waals surface area contributed by atoms with Crippen molar-refractivity contribution in [1.29, 1.82) is 0 Å². The summed E-state index contributed by atoms with van der Waals surface area (Å²) in [7, 11) is 0. The summed E-state index contributed by atoms with van der Waals surface area (Å²) in [5.41, 5.74) is 5.51. The number of hydrogen-bond acceptors (Lipinski definition) is 4. The third kappa shape index (κ3) is 3.65. The van der Waals surface area contributed by atoms with Crippen LogP contribution in [0.1, 0.15) is 28.9 Å². The van der Waals surface area contributed by atoms with Gasteiger partial charge in [0.1, 0.15) is 0 Å². The van der Waals surface area contributed by atoms with Crippen LogP contribution in [0.25, 0.3) is 0 Å². The Hall–Kier alpha value is -1.88. The maximum atomic E-state index is 12.1. The first kappa shape index (κ1) is 15.0. The molecule has 1 N–H and O–H groups in total. The van der Waals surface area contributed by atoms with Crippen LogP contribution in [0.15, 0.2) is 29.4 Å². The summed E-state index contributed by atoms with van der Waals surface area (Å²) in [6.45, 7) is 3.87. The molecule has 4 nitrogen and oxygen atoms in total. The molecule has 0 atom stereocenters. The van der Waals surface area contributed by atoms with Crippen molar-refractivity contribution in [3.8, 4) is 0 Å². The molecule has 0 saturated heterocycles. The first-order chi connectivity index (χ1) is 10.6. The van der Waals surface area contributed by atoms with E-state index in [-0.39, 0.29) is 5.91 Å². The standard InChI is InChI=1S/C17H19N3OS/c1-11-8-12(2)19-17(18-11)22-10-16(21)20-15-7-6-13-4-3-5-14(13)9-15/h6-9H,3-5,10H2,1-2H3,(H,20,21). The van der Waals surface area contributed by atoms with Crippen molar-refractivity contribution in [3.05, 3.63) is 46.8 Å². The molecule has 1 amide bonds. The lowest BCUT2D eigenvalue weighted by Gasteiger charge is -2.07. The Labute approximate surface area is 134 Å². The lowest BCUT2D eigenvalue weighted by Crippen LogP contribution is -2.14. The van der Waals surface area contributed by atoms with E-state index < -0.39 is 0 Å². The second-order valence-corrected chi connectivity index (χ2v) is 6.55. The molecule has 5 heteroatoms. The van der Waals surface area contributed by atoms with Crippen LogP contribution in [0.4, 0.5) is 5.69 Å². The van der Waals surface area contributed by atoms with Gasteiger partial charge in [-0.1, -0.05) is 17.8 Å². The highest BCUT2D eigenvalue weighted by atomic mass is 32.2. The molecular formula is C17H19N3OS. The molecule has 0 saturated carbocycles. The summed E-state index contributed by atoms with van der Waals surface area (Å²) in [6.07, 6.45) is 3.49. The summed E-state index contributed by atoms with van der Waals surface area (Å²) >= 11 is 1.37. The molecule has 1 heterocycles. The Morgan fingerprint density at radius 2 is 1.86 bits per heavy atom. The minimum Gasteiger partial charge on any atom is -0.325 e. The molecule has 0 bridgehead atoms. The molecule has 2 aromatic rings. The molecule has 3 rings (SSSR count). The maximum absolute atomic E-state index is 12.1. The van der Waals surface area contributed by atoms with Crippen molar-refractivity contribution >= 4 is 23.4 Å². The molecule has 0 aliphatic heterocycles. The van der Waals surface area contributed by atoms with Gasteiger partial charge < -0.3 is 5.32 Å². The van der Waals surface area contributed by atoms with E-state index in [0.29, 0.717) is 10.9 Å². The van der Waals surface area contributed by atoms with Crippen molar-refractivity contribution in [2.75, 3.05) is 11.1 Å². The highest BCUT2D eigenvalue weighted by Crippen LogP contribution is 2.25. The van der Waals surface area contributed by atoms with Gasteiger partial charge in [0.05, 0.1) is 5.75 Å². The summed E-state index contributed by atoms with van der Waals surface area (Å²) < 4.78 is 0. The normalized spacial score (nSPS) is 13.0. The maximum Gasteiger partial charge on any atom is 0.234 e. The predicted molar refractivity (Wildman–Crippen MR) is 89.3 cm³/mol. The fourth-order valence-electron chi connectivity index (χ4n) is 2.73. The average molecular weight is 313 g/mol. The van der Waals surface area contributed by atoms with Crippen molar-refractivity contribution in [2.24, 2.45) is 0 Å². The van der Waals surface area contributed by atoms with E-state index in [1.54, 1.807) is 0 Å². The minimum atomic E-state index is -0.0225. The van der Waals surface area contributed by atoms with Crippen LogP contribution < -0.4 is 5.32 Å². The van der Waals surface area contributed by atoms with Crippen molar-refractivity contribution in [1.82, 2.24) is 9.97 Å². The van der Waals surface area contributed by atoms with E-state index in [1.165, 1.54) is 29.3 Å². The number of nitrogens with zero attached hydrogens (tertiary/aromatic N) is 2. The van der Waals surface area contributed by atoms with Crippen LogP contribution in [0.5, 0.6) is 0 Å². The zero-order chi connectivity index (χ0) is 15.5. The van der Waals surface area contributed by atoms with E-state index in [0.717, 1.165) is 29.9 Å². The lowest BCUT2D eigenvalue weighted by atomic mass is 10.1. The molecule has 1 aliphatic carbocycles. The smallest absolute Gasteiger partial charge is 0.234 e. The van der Waals surface area contributed by atoms with Crippen LogP contribution in [0.2, 0.25) is 0 Å². The van der Waals surface area contributed by atoms with Gasteiger partial charge in [-0.3, -0.25) is 4.79 Å². The van der Waals surface area contributed by atoms with Crippen molar-refractivity contribution in [3.63, 3.8) is 0 Å². The first-order valence-corrected chi connectivity index (χ1v) is 8.45. The summed E-state index contributed by atoms with van der Waals surface area (Å²) in [5, 5.41) is 3.61. The SMILES string of the molecule is Cc1cc(C)nc(SCC(=O)Nc2ccc3c(c2)CCC3)n1. The Balaban J connectivity index is 1.58. The monoisotopic (exact) mass is 313 g/mol. The fraction of sp³-hybridized carbons (Fsp3) is 0.353. The number of carbonyl (C=O) groups is 1. The molecule has 1 aliphatic rings. The van der Waals surface area contributed by atoms with Gasteiger partial charge in [-0.05, 0) is 62.4 Å². The van der Waals surface area contributed by atoms with Crippen LogP contribution in [0.3, 0.4) is 0 Å². The third-order valence-electron chi connectivity index (χ3n) is 3.68. The van der Waals surface area contributed by atoms with E-state index in [1.807, 2.05) is 26.0 Å². The van der Waals surface area contributed by atoms with Crippen LogP contribution in [-0.2, 0) is 17.6 Å². The molecule has 1 aromatic heterocycles. The quantitative estimate of drug-likeness (QED) is 0.695. The Morgan fingerprint density at radius 3 is 2.64 bits per heavy atom. The first-order valence-electron chi connectivity index (χ1n) is 7.47. The lowest BCUT2D eigenvalue weighted by molar-refractivity contribution is -0.113. The molecule has 1 aromatic carbocycles. The fourth-order valence-corrected chi connectivity index (χ4v) is 3.48. The number of benzene rings is 1. The number of nitrogens with one attached hydrogen (secondary N) is 1. The molecule has 0 radical (unpaired) electrons.